The molecular formula is C8H12N4. The van der Waals surface area contributed by atoms with E-state index in [4.69, 9.17) is 5.73 Å². The molecule has 1 aromatic heterocycles. The van der Waals surface area contributed by atoms with Gasteiger partial charge in [0.2, 0.25) is 0 Å². The summed E-state index contributed by atoms with van der Waals surface area (Å²) in [4.78, 5) is 4.20. The molecule has 0 aliphatic carbocycles. The quantitative estimate of drug-likeness (QED) is 0.617. The van der Waals surface area contributed by atoms with Crippen molar-refractivity contribution in [3.63, 3.8) is 0 Å². The molecule has 2 rings (SSSR count). The summed E-state index contributed by atoms with van der Waals surface area (Å²) in [6, 6.07) is 5.83. The second-order valence-electron chi connectivity index (χ2n) is 2.86. The van der Waals surface area contributed by atoms with Gasteiger partial charge < -0.3 is 5.73 Å². The number of anilines is 1. The van der Waals surface area contributed by atoms with Crippen molar-refractivity contribution in [3.8, 4) is 0 Å². The summed E-state index contributed by atoms with van der Waals surface area (Å²) in [6.45, 7) is 0.929. The maximum absolute atomic E-state index is 5.68. The first-order valence-electron chi connectivity index (χ1n) is 4.06. The molecule has 0 aromatic carbocycles. The van der Waals surface area contributed by atoms with E-state index in [1.54, 1.807) is 6.20 Å². The molecule has 0 spiro atoms. The Labute approximate surface area is 71.4 Å². The number of nitrogens with zero attached hydrogens (tertiary/aromatic N) is 2. The van der Waals surface area contributed by atoms with Gasteiger partial charge >= 0.3 is 0 Å². The minimum absolute atomic E-state index is 0.0759. The van der Waals surface area contributed by atoms with Gasteiger partial charge in [-0.25, -0.2) is 10.4 Å². The number of nitrogens with one attached hydrogen (secondary N) is 1. The van der Waals surface area contributed by atoms with Crippen LogP contribution in [0.4, 0.5) is 5.82 Å². The third-order valence-electron chi connectivity index (χ3n) is 1.91. The first-order chi connectivity index (χ1) is 5.86. The highest BCUT2D eigenvalue weighted by Crippen LogP contribution is 2.11. The molecule has 1 saturated heterocycles. The fourth-order valence-electron chi connectivity index (χ4n) is 1.29. The number of nitrogens with two attached hydrogens (primary N) is 1. The normalized spacial score (nSPS) is 23.1. The highest BCUT2D eigenvalue weighted by atomic mass is 15.6. The van der Waals surface area contributed by atoms with Crippen LogP contribution >= 0.6 is 0 Å². The number of hydrazine groups is 1. The van der Waals surface area contributed by atoms with Gasteiger partial charge in [-0.05, 0) is 18.6 Å². The molecule has 0 amide bonds. The summed E-state index contributed by atoms with van der Waals surface area (Å²) in [5.41, 5.74) is 8.80. The molecule has 4 nitrogen and oxygen atoms in total. The SMILES string of the molecule is NC1CCN(c2ccccn2)N1. The fraction of sp³-hybridized carbons (Fsp3) is 0.375. The molecular weight excluding hydrogens is 152 g/mol. The van der Waals surface area contributed by atoms with E-state index in [9.17, 15) is 0 Å². The van der Waals surface area contributed by atoms with Crippen LogP contribution in [-0.4, -0.2) is 17.7 Å². The molecule has 1 atom stereocenters. The lowest BCUT2D eigenvalue weighted by Crippen LogP contribution is -2.40. The zero-order chi connectivity index (χ0) is 8.39. The molecule has 0 bridgehead atoms. The molecule has 1 fully saturated rings. The van der Waals surface area contributed by atoms with Crippen LogP contribution in [0, 0.1) is 0 Å². The van der Waals surface area contributed by atoms with E-state index >= 15 is 0 Å². The lowest BCUT2D eigenvalue weighted by molar-refractivity contribution is 0.613. The van der Waals surface area contributed by atoms with Crippen LogP contribution in [0.2, 0.25) is 0 Å². The Bertz CT molecular complexity index is 248. The Morgan fingerprint density at radius 2 is 2.50 bits per heavy atom. The van der Waals surface area contributed by atoms with E-state index in [2.05, 4.69) is 10.4 Å². The van der Waals surface area contributed by atoms with Crippen molar-refractivity contribution in [2.75, 3.05) is 11.6 Å². The Morgan fingerprint density at radius 1 is 1.58 bits per heavy atom. The molecule has 1 aliphatic heterocycles. The van der Waals surface area contributed by atoms with Crippen LogP contribution < -0.4 is 16.2 Å². The molecule has 4 heteroatoms. The number of hydrogen-bond donors (Lipinski definition) is 2. The maximum Gasteiger partial charge on any atom is 0.142 e. The lowest BCUT2D eigenvalue weighted by Gasteiger charge is -2.16. The van der Waals surface area contributed by atoms with E-state index in [1.165, 1.54) is 0 Å². The minimum Gasteiger partial charge on any atom is -0.314 e. The molecule has 1 unspecified atom stereocenters. The highest BCUT2D eigenvalue weighted by molar-refractivity contribution is 5.37. The standard InChI is InChI=1S/C8H12N4/c9-7-4-6-12(11-7)8-3-1-2-5-10-8/h1-3,5,7,11H,4,6,9H2. The van der Waals surface area contributed by atoms with Crippen molar-refractivity contribution in [1.29, 1.82) is 0 Å². The molecule has 64 valence electrons. The van der Waals surface area contributed by atoms with Crippen molar-refractivity contribution < 1.29 is 0 Å². The van der Waals surface area contributed by atoms with Crippen LogP contribution in [0.15, 0.2) is 24.4 Å². The van der Waals surface area contributed by atoms with Crippen LogP contribution in [0.25, 0.3) is 0 Å². The third kappa shape index (κ3) is 1.39. The molecule has 0 saturated carbocycles. The van der Waals surface area contributed by atoms with Gasteiger partial charge in [-0.3, -0.25) is 5.01 Å². The number of aromatic nitrogens is 1. The van der Waals surface area contributed by atoms with E-state index in [-0.39, 0.29) is 6.17 Å². The summed E-state index contributed by atoms with van der Waals surface area (Å²) in [5.74, 6) is 0.936. The minimum atomic E-state index is 0.0759. The molecule has 3 N–H and O–H groups in total. The van der Waals surface area contributed by atoms with E-state index in [1.807, 2.05) is 23.2 Å². The van der Waals surface area contributed by atoms with Crippen molar-refractivity contribution in [2.24, 2.45) is 5.73 Å². The van der Waals surface area contributed by atoms with E-state index in [0.29, 0.717) is 0 Å². The van der Waals surface area contributed by atoms with Crippen molar-refractivity contribution in [3.05, 3.63) is 24.4 Å². The van der Waals surface area contributed by atoms with Gasteiger partial charge in [0.1, 0.15) is 5.82 Å². The number of hydrogen-bond acceptors (Lipinski definition) is 4. The lowest BCUT2D eigenvalue weighted by atomic mass is 10.4. The first-order valence-corrected chi connectivity index (χ1v) is 4.06. The summed E-state index contributed by atoms with van der Waals surface area (Å²) in [5, 5.41) is 1.98. The second kappa shape index (κ2) is 3.08. The van der Waals surface area contributed by atoms with Crippen LogP contribution in [0.1, 0.15) is 6.42 Å². The summed E-state index contributed by atoms with van der Waals surface area (Å²) < 4.78 is 0. The largest absolute Gasteiger partial charge is 0.314 e. The third-order valence-corrected chi connectivity index (χ3v) is 1.91. The Balaban J connectivity index is 2.11. The van der Waals surface area contributed by atoms with Gasteiger partial charge in [0.05, 0.1) is 6.17 Å². The summed E-state index contributed by atoms with van der Waals surface area (Å²) in [7, 11) is 0. The van der Waals surface area contributed by atoms with Crippen LogP contribution in [0.5, 0.6) is 0 Å². The van der Waals surface area contributed by atoms with Crippen LogP contribution in [0.3, 0.4) is 0 Å². The Hall–Kier alpha value is -1.13. The zero-order valence-corrected chi connectivity index (χ0v) is 6.77. The molecule has 1 aromatic rings. The van der Waals surface area contributed by atoms with Gasteiger partial charge in [0.15, 0.2) is 0 Å². The number of rotatable bonds is 1. The van der Waals surface area contributed by atoms with Crippen molar-refractivity contribution in [2.45, 2.75) is 12.6 Å². The van der Waals surface area contributed by atoms with E-state index in [0.717, 1.165) is 18.8 Å². The van der Waals surface area contributed by atoms with Crippen LogP contribution in [-0.2, 0) is 0 Å². The molecule has 12 heavy (non-hydrogen) atoms. The summed E-state index contributed by atoms with van der Waals surface area (Å²) in [6.07, 6.45) is 2.82. The Kier molecular flexibility index (Phi) is 1.93. The predicted octanol–water partition coefficient (Wildman–Crippen LogP) is 0.0811. The monoisotopic (exact) mass is 164 g/mol. The van der Waals surface area contributed by atoms with Crippen molar-refractivity contribution >= 4 is 5.82 Å². The molecule has 0 radical (unpaired) electrons. The van der Waals surface area contributed by atoms with Gasteiger partial charge in [-0.2, -0.15) is 0 Å². The summed E-state index contributed by atoms with van der Waals surface area (Å²) >= 11 is 0. The fourth-order valence-corrected chi connectivity index (χ4v) is 1.29. The Morgan fingerprint density at radius 3 is 3.08 bits per heavy atom. The molecule has 2 heterocycles. The smallest absolute Gasteiger partial charge is 0.142 e. The van der Waals surface area contributed by atoms with Gasteiger partial charge in [0.25, 0.3) is 0 Å². The average Bonchev–Trinajstić information content (AvgIpc) is 2.54. The zero-order valence-electron chi connectivity index (χ0n) is 6.77. The van der Waals surface area contributed by atoms with Gasteiger partial charge in [0, 0.05) is 12.7 Å². The maximum atomic E-state index is 5.68. The van der Waals surface area contributed by atoms with Gasteiger partial charge in [-0.15, -0.1) is 0 Å². The highest BCUT2D eigenvalue weighted by Gasteiger charge is 2.18. The molecule has 1 aliphatic rings. The van der Waals surface area contributed by atoms with Gasteiger partial charge in [-0.1, -0.05) is 6.07 Å². The predicted molar refractivity (Wildman–Crippen MR) is 47.3 cm³/mol. The van der Waals surface area contributed by atoms with E-state index < -0.39 is 0 Å². The average molecular weight is 164 g/mol. The topological polar surface area (TPSA) is 54.2 Å². The number of pyridine rings is 1. The second-order valence-corrected chi connectivity index (χ2v) is 2.86. The first kappa shape index (κ1) is 7.52. The van der Waals surface area contributed by atoms with Crippen molar-refractivity contribution in [1.82, 2.24) is 10.4 Å².